The molecule has 1 rings (SSSR count). The third-order valence-electron chi connectivity index (χ3n) is 1.68. The van der Waals surface area contributed by atoms with Gasteiger partial charge in [-0.05, 0) is 19.4 Å². The lowest BCUT2D eigenvalue weighted by atomic mass is 10.2. The fourth-order valence-corrected chi connectivity index (χ4v) is 1.09. The molecule has 1 atom stereocenters. The topological polar surface area (TPSA) is 17.8 Å². The first-order valence-electron chi connectivity index (χ1n) is 3.83. The average molecular weight is 138 g/mol. The Morgan fingerprint density at radius 1 is 1.60 bits per heavy atom. The second kappa shape index (κ2) is 3.40. The minimum absolute atomic E-state index is 0.556. The van der Waals surface area contributed by atoms with Crippen LogP contribution >= 0.6 is 0 Å². The zero-order chi connectivity index (χ0) is 7.40. The molecule has 0 aliphatic heterocycles. The van der Waals surface area contributed by atoms with Crippen molar-refractivity contribution < 1.29 is 0 Å². The summed E-state index contributed by atoms with van der Waals surface area (Å²) in [5.74, 6) is 0. The number of nitrogens with zero attached hydrogens (tertiary/aromatic N) is 2. The molecular weight excluding hydrogens is 124 g/mol. The van der Waals surface area contributed by atoms with Crippen LogP contribution in [0.4, 0.5) is 0 Å². The van der Waals surface area contributed by atoms with E-state index in [-0.39, 0.29) is 0 Å². The second-order valence-electron chi connectivity index (χ2n) is 2.62. The molecule has 0 aliphatic carbocycles. The van der Waals surface area contributed by atoms with E-state index in [1.54, 1.807) is 0 Å². The van der Waals surface area contributed by atoms with Gasteiger partial charge in [0.1, 0.15) is 0 Å². The van der Waals surface area contributed by atoms with E-state index in [9.17, 15) is 0 Å². The number of hydrogen-bond donors (Lipinski definition) is 0. The van der Waals surface area contributed by atoms with Crippen molar-refractivity contribution in [2.75, 3.05) is 0 Å². The minimum atomic E-state index is 0.556. The molecule has 0 saturated carbocycles. The van der Waals surface area contributed by atoms with Crippen LogP contribution in [0.5, 0.6) is 0 Å². The van der Waals surface area contributed by atoms with Gasteiger partial charge in [-0.1, -0.05) is 13.3 Å². The Labute approximate surface area is 61.9 Å². The number of hydrogen-bond acceptors (Lipinski definition) is 1. The third kappa shape index (κ3) is 1.59. The van der Waals surface area contributed by atoms with Crippen LogP contribution in [0.1, 0.15) is 32.7 Å². The quantitative estimate of drug-likeness (QED) is 0.626. The maximum absolute atomic E-state index is 4.15. The highest BCUT2D eigenvalue weighted by molar-refractivity contribution is 4.80. The Balaban J connectivity index is 2.50. The standard InChI is InChI=1S/C8H14N2/c1-3-5-8(2)10-7-4-6-9-10/h4,6-8H,3,5H2,1-2H3. The van der Waals surface area contributed by atoms with Crippen molar-refractivity contribution in [2.24, 2.45) is 0 Å². The first-order valence-corrected chi connectivity index (χ1v) is 3.83. The van der Waals surface area contributed by atoms with E-state index >= 15 is 0 Å². The van der Waals surface area contributed by atoms with E-state index in [2.05, 4.69) is 18.9 Å². The monoisotopic (exact) mass is 138 g/mol. The molecule has 1 unspecified atom stereocenters. The summed E-state index contributed by atoms with van der Waals surface area (Å²) >= 11 is 0. The van der Waals surface area contributed by atoms with Crippen LogP contribution in [0, 0.1) is 0 Å². The molecule has 56 valence electrons. The summed E-state index contributed by atoms with van der Waals surface area (Å²) in [5, 5.41) is 4.15. The summed E-state index contributed by atoms with van der Waals surface area (Å²) in [7, 11) is 0. The highest BCUT2D eigenvalue weighted by atomic mass is 15.3. The Morgan fingerprint density at radius 2 is 2.40 bits per heavy atom. The maximum Gasteiger partial charge on any atom is 0.0490 e. The van der Waals surface area contributed by atoms with Crippen molar-refractivity contribution in [3.8, 4) is 0 Å². The van der Waals surface area contributed by atoms with Gasteiger partial charge in [0.2, 0.25) is 0 Å². The number of aromatic nitrogens is 2. The fraction of sp³-hybridized carbons (Fsp3) is 0.625. The Kier molecular flexibility index (Phi) is 2.49. The van der Waals surface area contributed by atoms with Gasteiger partial charge in [0.25, 0.3) is 0 Å². The lowest BCUT2D eigenvalue weighted by Gasteiger charge is -2.09. The van der Waals surface area contributed by atoms with Crippen LogP contribution in [0.25, 0.3) is 0 Å². The fourth-order valence-electron chi connectivity index (χ4n) is 1.09. The Morgan fingerprint density at radius 3 is 2.90 bits per heavy atom. The summed E-state index contributed by atoms with van der Waals surface area (Å²) in [4.78, 5) is 0. The van der Waals surface area contributed by atoms with Gasteiger partial charge >= 0.3 is 0 Å². The molecule has 0 amide bonds. The van der Waals surface area contributed by atoms with E-state index in [0.717, 1.165) is 0 Å². The summed E-state index contributed by atoms with van der Waals surface area (Å²) in [6.45, 7) is 4.39. The molecule has 0 bridgehead atoms. The number of rotatable bonds is 3. The third-order valence-corrected chi connectivity index (χ3v) is 1.68. The van der Waals surface area contributed by atoms with Gasteiger partial charge in [-0.25, -0.2) is 0 Å². The molecule has 0 fully saturated rings. The molecule has 0 aromatic carbocycles. The lowest BCUT2D eigenvalue weighted by Crippen LogP contribution is -2.04. The smallest absolute Gasteiger partial charge is 0.0490 e. The van der Waals surface area contributed by atoms with Gasteiger partial charge in [0.15, 0.2) is 0 Å². The van der Waals surface area contributed by atoms with Gasteiger partial charge in [-0.2, -0.15) is 5.10 Å². The van der Waals surface area contributed by atoms with Crippen molar-refractivity contribution in [1.29, 1.82) is 0 Å². The van der Waals surface area contributed by atoms with Crippen LogP contribution < -0.4 is 0 Å². The minimum Gasteiger partial charge on any atom is -0.270 e. The molecule has 0 N–H and O–H groups in total. The summed E-state index contributed by atoms with van der Waals surface area (Å²) in [5.41, 5.74) is 0. The van der Waals surface area contributed by atoms with Crippen molar-refractivity contribution >= 4 is 0 Å². The van der Waals surface area contributed by atoms with Crippen molar-refractivity contribution in [3.05, 3.63) is 18.5 Å². The highest BCUT2D eigenvalue weighted by Gasteiger charge is 2.00. The van der Waals surface area contributed by atoms with Crippen molar-refractivity contribution in [2.45, 2.75) is 32.7 Å². The van der Waals surface area contributed by atoms with Crippen LogP contribution in [0.15, 0.2) is 18.5 Å². The molecule has 0 spiro atoms. The first-order chi connectivity index (χ1) is 4.84. The van der Waals surface area contributed by atoms with Gasteiger partial charge in [0.05, 0.1) is 0 Å². The SMILES string of the molecule is CCCC(C)n1cccn1. The van der Waals surface area contributed by atoms with Gasteiger partial charge in [-0.3, -0.25) is 4.68 Å². The van der Waals surface area contributed by atoms with E-state index < -0.39 is 0 Å². The van der Waals surface area contributed by atoms with E-state index in [4.69, 9.17) is 0 Å². The molecule has 1 aromatic rings. The van der Waals surface area contributed by atoms with Crippen LogP contribution in [-0.2, 0) is 0 Å². The maximum atomic E-state index is 4.15. The highest BCUT2D eigenvalue weighted by Crippen LogP contribution is 2.09. The first kappa shape index (κ1) is 7.32. The Hall–Kier alpha value is -0.790. The van der Waals surface area contributed by atoms with Crippen molar-refractivity contribution in [3.63, 3.8) is 0 Å². The molecule has 0 aliphatic rings. The van der Waals surface area contributed by atoms with Crippen LogP contribution in [0.3, 0.4) is 0 Å². The van der Waals surface area contributed by atoms with E-state index in [0.29, 0.717) is 6.04 Å². The normalized spacial score (nSPS) is 13.4. The van der Waals surface area contributed by atoms with Gasteiger partial charge in [0, 0.05) is 18.4 Å². The molecule has 2 nitrogen and oxygen atoms in total. The average Bonchev–Trinajstić information content (AvgIpc) is 2.38. The summed E-state index contributed by atoms with van der Waals surface area (Å²) < 4.78 is 2.00. The van der Waals surface area contributed by atoms with E-state index in [1.165, 1.54) is 12.8 Å². The predicted molar refractivity (Wildman–Crippen MR) is 41.8 cm³/mol. The van der Waals surface area contributed by atoms with Crippen LogP contribution in [0.2, 0.25) is 0 Å². The predicted octanol–water partition coefficient (Wildman–Crippen LogP) is 2.24. The molecular formula is C8H14N2. The summed E-state index contributed by atoms with van der Waals surface area (Å²) in [6.07, 6.45) is 6.27. The molecule has 10 heavy (non-hydrogen) atoms. The van der Waals surface area contributed by atoms with Gasteiger partial charge in [-0.15, -0.1) is 0 Å². The second-order valence-corrected chi connectivity index (χ2v) is 2.62. The summed E-state index contributed by atoms with van der Waals surface area (Å²) in [6, 6.07) is 2.52. The van der Waals surface area contributed by atoms with Gasteiger partial charge < -0.3 is 0 Å². The lowest BCUT2D eigenvalue weighted by molar-refractivity contribution is 0.455. The van der Waals surface area contributed by atoms with Crippen LogP contribution in [-0.4, -0.2) is 9.78 Å². The molecule has 0 radical (unpaired) electrons. The molecule has 1 heterocycles. The van der Waals surface area contributed by atoms with E-state index in [1.807, 2.05) is 23.1 Å². The zero-order valence-electron chi connectivity index (χ0n) is 6.62. The zero-order valence-corrected chi connectivity index (χ0v) is 6.62. The largest absolute Gasteiger partial charge is 0.270 e. The van der Waals surface area contributed by atoms with Crippen molar-refractivity contribution in [1.82, 2.24) is 9.78 Å². The molecule has 0 saturated heterocycles. The molecule has 1 aromatic heterocycles. The molecule has 2 heteroatoms. The Bertz CT molecular complexity index is 167.